The third-order valence-electron chi connectivity index (χ3n) is 5.37. The Hall–Kier alpha value is -3.07. The Balaban J connectivity index is 1.58. The Morgan fingerprint density at radius 3 is 2.81 bits per heavy atom. The van der Waals surface area contributed by atoms with Gasteiger partial charge in [-0.15, -0.1) is 0 Å². The highest BCUT2D eigenvalue weighted by molar-refractivity contribution is 7.98. The van der Waals surface area contributed by atoms with Crippen LogP contribution in [0.3, 0.4) is 0 Å². The molecule has 2 aliphatic heterocycles. The van der Waals surface area contributed by atoms with Crippen LogP contribution in [-0.2, 0) is 24.2 Å². The van der Waals surface area contributed by atoms with Gasteiger partial charge in [-0.05, 0) is 56.9 Å². The van der Waals surface area contributed by atoms with Gasteiger partial charge in [-0.3, -0.25) is 9.47 Å². The Labute approximate surface area is 191 Å². The summed E-state index contributed by atoms with van der Waals surface area (Å²) in [4.78, 5) is 28.3. The third-order valence-corrected chi connectivity index (χ3v) is 5.93. The van der Waals surface area contributed by atoms with E-state index in [-0.39, 0.29) is 6.09 Å². The molecule has 32 heavy (non-hydrogen) atoms. The number of fused-ring (bicyclic) bond motifs is 2. The van der Waals surface area contributed by atoms with Gasteiger partial charge >= 0.3 is 6.09 Å². The highest BCUT2D eigenvalue weighted by Crippen LogP contribution is 2.35. The first-order chi connectivity index (χ1) is 15.3. The van der Waals surface area contributed by atoms with Crippen LogP contribution in [0.4, 0.5) is 4.79 Å². The van der Waals surface area contributed by atoms with Crippen molar-refractivity contribution < 1.29 is 14.3 Å². The highest BCUT2D eigenvalue weighted by atomic mass is 32.2. The van der Waals surface area contributed by atoms with E-state index in [9.17, 15) is 4.79 Å². The fraction of sp³-hybridized carbons (Fsp3) is 0.391. The van der Waals surface area contributed by atoms with E-state index < -0.39 is 5.60 Å². The summed E-state index contributed by atoms with van der Waals surface area (Å²) >= 11 is 1.49. The average Bonchev–Trinajstić information content (AvgIpc) is 3.45. The lowest BCUT2D eigenvalue weighted by molar-refractivity contribution is 0.0238. The molecule has 0 saturated heterocycles. The van der Waals surface area contributed by atoms with Crippen LogP contribution in [0.15, 0.2) is 35.6 Å². The maximum Gasteiger partial charge on any atom is 0.410 e. The first kappa shape index (κ1) is 20.8. The van der Waals surface area contributed by atoms with Crippen molar-refractivity contribution in [3.63, 3.8) is 0 Å². The second-order valence-corrected chi connectivity index (χ2v) is 9.60. The minimum absolute atomic E-state index is 0.342. The van der Waals surface area contributed by atoms with Gasteiger partial charge in [0.15, 0.2) is 5.16 Å². The fourth-order valence-electron chi connectivity index (χ4n) is 3.98. The Morgan fingerprint density at radius 1 is 1.19 bits per heavy atom. The molecule has 1 aromatic carbocycles. The number of thioether (sulfide) groups is 1. The molecule has 0 radical (unpaired) electrons. The number of nitrogens with zero attached hydrogens (tertiary/aromatic N) is 5. The van der Waals surface area contributed by atoms with Gasteiger partial charge in [-0.1, -0.05) is 11.8 Å². The van der Waals surface area contributed by atoms with Crippen LogP contribution in [0.2, 0.25) is 0 Å². The monoisotopic (exact) mass is 451 g/mol. The van der Waals surface area contributed by atoms with Gasteiger partial charge in [0.25, 0.3) is 0 Å². The van der Waals surface area contributed by atoms with Crippen molar-refractivity contribution >= 4 is 17.9 Å². The molecule has 0 atom stereocenters. The summed E-state index contributed by atoms with van der Waals surface area (Å²) in [5.74, 6) is 2.47. The first-order valence-electron chi connectivity index (χ1n) is 10.5. The third kappa shape index (κ3) is 3.81. The molecule has 2 aliphatic rings. The van der Waals surface area contributed by atoms with Gasteiger partial charge < -0.3 is 9.47 Å². The van der Waals surface area contributed by atoms with Crippen molar-refractivity contribution in [2.75, 3.05) is 12.9 Å². The summed E-state index contributed by atoms with van der Waals surface area (Å²) < 4.78 is 13.3. The summed E-state index contributed by atoms with van der Waals surface area (Å²) in [6, 6.07) is 8.04. The molecular weight excluding hydrogens is 426 g/mol. The molecule has 2 aromatic heterocycles. The van der Waals surface area contributed by atoms with E-state index in [0.29, 0.717) is 24.9 Å². The topological polar surface area (TPSA) is 82.4 Å². The molecule has 0 saturated carbocycles. The van der Waals surface area contributed by atoms with Gasteiger partial charge in [-0.25, -0.2) is 19.7 Å². The van der Waals surface area contributed by atoms with Crippen molar-refractivity contribution in [1.29, 1.82) is 0 Å². The number of ether oxygens (including phenoxy) is 2. The largest absolute Gasteiger partial charge is 0.493 e. The number of hydrogen-bond donors (Lipinski definition) is 0. The van der Waals surface area contributed by atoms with Crippen LogP contribution >= 0.6 is 11.8 Å². The van der Waals surface area contributed by atoms with Crippen LogP contribution in [-0.4, -0.2) is 49.0 Å². The molecular formula is C23H25N5O3S. The lowest BCUT2D eigenvalue weighted by Crippen LogP contribution is -2.33. The summed E-state index contributed by atoms with van der Waals surface area (Å²) in [7, 11) is 0. The predicted octanol–water partition coefficient (Wildman–Crippen LogP) is 4.24. The molecule has 4 heterocycles. The van der Waals surface area contributed by atoms with E-state index in [1.54, 1.807) is 11.1 Å². The summed E-state index contributed by atoms with van der Waals surface area (Å²) in [6.07, 6.45) is 4.25. The highest BCUT2D eigenvalue weighted by Gasteiger charge is 2.33. The van der Waals surface area contributed by atoms with Crippen molar-refractivity contribution in [3.05, 3.63) is 47.4 Å². The Kier molecular flexibility index (Phi) is 5.08. The van der Waals surface area contributed by atoms with Gasteiger partial charge in [0.1, 0.15) is 23.0 Å². The van der Waals surface area contributed by atoms with Crippen LogP contribution in [0, 0.1) is 0 Å². The number of amides is 1. The second-order valence-electron chi connectivity index (χ2n) is 8.82. The van der Waals surface area contributed by atoms with Crippen molar-refractivity contribution in [2.24, 2.45) is 0 Å². The molecule has 0 unspecified atom stereocenters. The number of aromatic nitrogens is 4. The normalized spacial score (nSPS) is 14.8. The van der Waals surface area contributed by atoms with E-state index in [1.807, 2.05) is 49.8 Å². The molecule has 0 spiro atoms. The predicted molar refractivity (Wildman–Crippen MR) is 121 cm³/mol. The molecule has 0 N–H and O–H groups in total. The molecule has 166 valence electrons. The average molecular weight is 452 g/mol. The maximum absolute atomic E-state index is 12.7. The summed E-state index contributed by atoms with van der Waals surface area (Å²) in [5.41, 5.74) is 3.42. The lowest BCUT2D eigenvalue weighted by Gasteiger charge is -2.24. The van der Waals surface area contributed by atoms with E-state index in [0.717, 1.165) is 40.8 Å². The minimum atomic E-state index is -0.551. The number of imidazole rings is 1. The van der Waals surface area contributed by atoms with E-state index in [1.165, 1.54) is 17.3 Å². The van der Waals surface area contributed by atoms with Gasteiger partial charge in [0, 0.05) is 18.2 Å². The standard InChI is InChI=1S/C23H25N5O3S/c1-23(2,3)31-22(29)27-12-16-17(13-27)28(19-7-9-24-21(26-19)32-4)20(25-16)15-5-6-18-14(11-15)8-10-30-18/h5-7,9,11H,8,10,12-13H2,1-4H3. The zero-order valence-electron chi connectivity index (χ0n) is 18.6. The van der Waals surface area contributed by atoms with Crippen molar-refractivity contribution in [2.45, 2.75) is 51.0 Å². The van der Waals surface area contributed by atoms with E-state index in [4.69, 9.17) is 19.4 Å². The number of hydrogen-bond acceptors (Lipinski definition) is 7. The molecule has 0 bridgehead atoms. The van der Waals surface area contributed by atoms with Gasteiger partial charge in [0.05, 0.1) is 31.1 Å². The van der Waals surface area contributed by atoms with Gasteiger partial charge in [0.2, 0.25) is 0 Å². The van der Waals surface area contributed by atoms with Crippen LogP contribution < -0.4 is 4.74 Å². The second kappa shape index (κ2) is 7.81. The zero-order valence-corrected chi connectivity index (χ0v) is 19.4. The molecule has 5 rings (SSSR count). The number of carbonyl (C=O) groups excluding carboxylic acids is 1. The van der Waals surface area contributed by atoms with Crippen LogP contribution in [0.1, 0.15) is 37.7 Å². The lowest BCUT2D eigenvalue weighted by atomic mass is 10.1. The maximum atomic E-state index is 12.7. The molecule has 0 aliphatic carbocycles. The van der Waals surface area contributed by atoms with Crippen LogP contribution in [0.5, 0.6) is 5.75 Å². The first-order valence-corrected chi connectivity index (χ1v) is 11.8. The Morgan fingerprint density at radius 2 is 2.03 bits per heavy atom. The minimum Gasteiger partial charge on any atom is -0.493 e. The molecule has 1 amide bonds. The van der Waals surface area contributed by atoms with E-state index in [2.05, 4.69) is 11.1 Å². The number of carbonyl (C=O) groups is 1. The number of rotatable bonds is 3. The summed E-state index contributed by atoms with van der Waals surface area (Å²) in [5, 5.41) is 0.681. The molecule has 0 fully saturated rings. The smallest absolute Gasteiger partial charge is 0.410 e. The summed E-state index contributed by atoms with van der Waals surface area (Å²) in [6.45, 7) is 7.12. The Bertz CT molecular complexity index is 1200. The quantitative estimate of drug-likeness (QED) is 0.435. The van der Waals surface area contributed by atoms with Crippen molar-refractivity contribution in [3.8, 4) is 23.0 Å². The van der Waals surface area contributed by atoms with Crippen LogP contribution in [0.25, 0.3) is 17.2 Å². The fourth-order valence-corrected chi connectivity index (χ4v) is 4.33. The number of benzene rings is 1. The van der Waals surface area contributed by atoms with Gasteiger partial charge in [-0.2, -0.15) is 0 Å². The molecule has 9 heteroatoms. The molecule has 3 aromatic rings. The zero-order chi connectivity index (χ0) is 22.5. The van der Waals surface area contributed by atoms with Crippen molar-refractivity contribution in [1.82, 2.24) is 24.4 Å². The SMILES string of the molecule is CSc1nccc(-n2c(-c3ccc4c(c3)CCO4)nc3c2CN(C(=O)OC(C)(C)C)C3)n1. The molecule has 8 nitrogen and oxygen atoms in total. The van der Waals surface area contributed by atoms with E-state index >= 15 is 0 Å².